The molecule has 0 unspecified atom stereocenters. The molecule has 0 aliphatic carbocycles. The first-order valence-electron chi connectivity index (χ1n) is 20.2. The van der Waals surface area contributed by atoms with Gasteiger partial charge in [0, 0.05) is 32.9 Å². The Morgan fingerprint density at radius 1 is 0.500 bits per heavy atom. The van der Waals surface area contributed by atoms with E-state index >= 15 is 0 Å². The second-order valence-corrected chi connectivity index (χ2v) is 21.3. The van der Waals surface area contributed by atoms with Crippen molar-refractivity contribution in [1.82, 2.24) is 0 Å². The largest absolute Gasteiger partial charge is 0.458 e. The van der Waals surface area contributed by atoms with Gasteiger partial charge in [-0.25, -0.2) is 0 Å². The molecule has 2 nitrogen and oxygen atoms in total. The summed E-state index contributed by atoms with van der Waals surface area (Å²) in [7, 11) is -2.70. The van der Waals surface area contributed by atoms with Crippen molar-refractivity contribution in [2.24, 2.45) is 0 Å². The number of ether oxygens (including phenoxy) is 1. The van der Waals surface area contributed by atoms with Gasteiger partial charge in [-0.15, -0.1) is 0 Å². The molecule has 1 spiro atoms. The fraction of sp³-hybridized carbons (Fsp3) is 0.176. The minimum absolute atomic E-state index is 0.0596. The van der Waals surface area contributed by atoms with Crippen LogP contribution >= 0.6 is 11.8 Å². The van der Waals surface area contributed by atoms with Gasteiger partial charge < -0.3 is 9.64 Å². The molecule has 5 heteroatoms. The predicted molar refractivity (Wildman–Crippen MR) is 242 cm³/mol. The number of nitrogens with zero attached hydrogens (tertiary/aromatic N) is 1. The van der Waals surface area contributed by atoms with Gasteiger partial charge in [-0.3, -0.25) is 0 Å². The maximum Gasteiger partial charge on any atom is 0.251 e. The SMILES string of the molecule is CC(C)c1cc(C(C)C)c(B2c3ccccc3Oc3cc(N4c5ccccc5[Si]5(c6ccccc6Sc6ccccc65)c5ccccc54)ccc32)c(C(C)C)c1. The molecule has 7 aromatic carbocycles. The van der Waals surface area contributed by atoms with Gasteiger partial charge in [-0.1, -0.05) is 168 Å². The van der Waals surface area contributed by atoms with Gasteiger partial charge in [-0.2, -0.15) is 0 Å². The van der Waals surface area contributed by atoms with Crippen molar-refractivity contribution in [3.8, 4) is 11.5 Å². The minimum Gasteiger partial charge on any atom is -0.458 e. The Bertz CT molecular complexity index is 2560. The summed E-state index contributed by atoms with van der Waals surface area (Å²) in [5.74, 6) is 3.09. The summed E-state index contributed by atoms with van der Waals surface area (Å²) >= 11 is 1.92. The fourth-order valence-electron chi connectivity index (χ4n) is 9.84. The highest BCUT2D eigenvalue weighted by Crippen LogP contribution is 2.43. The summed E-state index contributed by atoms with van der Waals surface area (Å²) in [6.45, 7) is 14.1. The van der Waals surface area contributed by atoms with Crippen molar-refractivity contribution < 1.29 is 4.74 Å². The number of anilines is 3. The smallest absolute Gasteiger partial charge is 0.251 e. The summed E-state index contributed by atoms with van der Waals surface area (Å²) in [5.41, 5.74) is 11.8. The Hall–Kier alpha value is -5.23. The molecule has 3 aliphatic heterocycles. The zero-order chi connectivity index (χ0) is 38.3. The summed E-state index contributed by atoms with van der Waals surface area (Å²) in [6, 6.07) is 57.4. The molecule has 0 saturated carbocycles. The van der Waals surface area contributed by atoms with Gasteiger partial charge in [0.2, 0.25) is 0 Å². The molecule has 0 aromatic heterocycles. The van der Waals surface area contributed by atoms with Crippen molar-refractivity contribution in [2.75, 3.05) is 4.90 Å². The molecule has 0 radical (unpaired) electrons. The van der Waals surface area contributed by atoms with Crippen LogP contribution in [0.15, 0.2) is 161 Å². The van der Waals surface area contributed by atoms with Crippen LogP contribution in [0.5, 0.6) is 11.5 Å². The molecule has 7 aromatic rings. The lowest BCUT2D eigenvalue weighted by Gasteiger charge is -2.47. The van der Waals surface area contributed by atoms with Crippen LogP contribution in [0.4, 0.5) is 17.1 Å². The lowest BCUT2D eigenvalue weighted by molar-refractivity contribution is 0.487. The van der Waals surface area contributed by atoms with E-state index in [0.29, 0.717) is 17.8 Å². The lowest BCUT2D eigenvalue weighted by Crippen LogP contribution is -2.78. The normalized spacial score (nSPS) is 14.5. The maximum absolute atomic E-state index is 6.98. The predicted octanol–water partition coefficient (Wildman–Crippen LogP) is 9.30. The summed E-state index contributed by atoms with van der Waals surface area (Å²) in [6.07, 6.45) is 0. The van der Waals surface area contributed by atoms with E-state index in [1.165, 1.54) is 75.0 Å². The highest BCUT2D eigenvalue weighted by molar-refractivity contribution is 8.00. The van der Waals surface area contributed by atoms with E-state index in [0.717, 1.165) is 17.2 Å². The highest BCUT2D eigenvalue weighted by atomic mass is 32.2. The molecule has 3 aliphatic rings. The summed E-state index contributed by atoms with van der Waals surface area (Å²) in [4.78, 5) is 5.24. The number of benzene rings is 7. The quantitative estimate of drug-likeness (QED) is 0.163. The molecule has 0 bridgehead atoms. The Labute approximate surface area is 337 Å². The number of fused-ring (bicyclic) bond motifs is 10. The van der Waals surface area contributed by atoms with Gasteiger partial charge in [0.05, 0.1) is 0 Å². The van der Waals surface area contributed by atoms with E-state index in [1.54, 1.807) is 0 Å². The van der Waals surface area contributed by atoms with Crippen molar-refractivity contribution >= 4 is 80.7 Å². The Morgan fingerprint density at radius 2 is 1.00 bits per heavy atom. The number of hydrogen-bond donors (Lipinski definition) is 0. The van der Waals surface area contributed by atoms with Crippen molar-refractivity contribution in [2.45, 2.75) is 69.1 Å². The first kappa shape index (κ1) is 35.2. The van der Waals surface area contributed by atoms with Gasteiger partial charge >= 0.3 is 0 Å². The Morgan fingerprint density at radius 3 is 1.57 bits per heavy atom. The first-order chi connectivity index (χ1) is 27.3. The number of para-hydroxylation sites is 3. The van der Waals surface area contributed by atoms with E-state index in [2.05, 4.69) is 198 Å². The average Bonchev–Trinajstić information content (AvgIpc) is 3.22. The molecular formula is C51H46BNOSSi. The van der Waals surface area contributed by atoms with Crippen LogP contribution in [0.25, 0.3) is 0 Å². The molecule has 10 rings (SSSR count). The van der Waals surface area contributed by atoms with Crippen LogP contribution in [0, 0.1) is 0 Å². The van der Waals surface area contributed by atoms with Crippen LogP contribution in [0.2, 0.25) is 0 Å². The third kappa shape index (κ3) is 5.17. The molecule has 0 atom stereocenters. The van der Waals surface area contributed by atoms with E-state index in [-0.39, 0.29) is 6.71 Å². The van der Waals surface area contributed by atoms with Crippen LogP contribution < -0.4 is 46.8 Å². The first-order valence-corrected chi connectivity index (χ1v) is 23.0. The molecule has 3 heterocycles. The molecule has 0 amide bonds. The molecule has 0 fully saturated rings. The molecule has 274 valence electrons. The summed E-state index contributed by atoms with van der Waals surface area (Å²) < 4.78 is 6.98. The van der Waals surface area contributed by atoms with Crippen LogP contribution in [-0.4, -0.2) is 14.8 Å². The van der Waals surface area contributed by atoms with E-state index in [1.807, 2.05) is 11.8 Å². The van der Waals surface area contributed by atoms with Gasteiger partial charge in [0.15, 0.2) is 8.07 Å². The van der Waals surface area contributed by atoms with Crippen molar-refractivity contribution in [3.05, 3.63) is 168 Å². The third-order valence-corrected chi connectivity index (χ3v) is 18.8. The topological polar surface area (TPSA) is 12.5 Å². The molecule has 0 saturated heterocycles. The van der Waals surface area contributed by atoms with Gasteiger partial charge in [0.25, 0.3) is 6.71 Å². The van der Waals surface area contributed by atoms with E-state index < -0.39 is 8.07 Å². The maximum atomic E-state index is 6.98. The van der Waals surface area contributed by atoms with Crippen molar-refractivity contribution in [3.63, 3.8) is 0 Å². The van der Waals surface area contributed by atoms with Gasteiger partial charge in [-0.05, 0) is 103 Å². The minimum atomic E-state index is -2.70. The van der Waals surface area contributed by atoms with Crippen LogP contribution in [-0.2, 0) is 0 Å². The third-order valence-electron chi connectivity index (χ3n) is 12.4. The van der Waals surface area contributed by atoms with Gasteiger partial charge in [0.1, 0.15) is 11.5 Å². The fourth-order valence-corrected chi connectivity index (χ4v) is 17.1. The van der Waals surface area contributed by atoms with E-state index in [4.69, 9.17) is 4.74 Å². The second-order valence-electron chi connectivity index (χ2n) is 16.6. The van der Waals surface area contributed by atoms with Crippen LogP contribution in [0.1, 0.15) is 76.0 Å². The monoisotopic (exact) mass is 759 g/mol. The zero-order valence-corrected chi connectivity index (χ0v) is 34.8. The standard InChI is InChI=1S/C51H46BNOSSi/c1-32(2)35-29-37(33(3)4)51(38(30-35)34(5)6)52-39-17-7-10-20-43(39)54-44-31-36(27-28-40(44)52)53-41-18-8-13-23-47(41)56(48-24-14-9-19-42(48)53)49-25-15-11-21-45(49)55-46-22-12-16-26-50(46)56/h7-34H,1-6H3. The average molecular weight is 760 g/mol. The second kappa shape index (κ2) is 13.5. The molecular weight excluding hydrogens is 714 g/mol. The summed E-state index contributed by atoms with van der Waals surface area (Å²) in [5, 5.41) is 5.80. The van der Waals surface area contributed by atoms with Crippen molar-refractivity contribution in [1.29, 1.82) is 0 Å². The Balaban J connectivity index is 1.20. The molecule has 56 heavy (non-hydrogen) atoms. The lowest BCUT2D eigenvalue weighted by atomic mass is 9.34. The van der Waals surface area contributed by atoms with E-state index in [9.17, 15) is 0 Å². The Kier molecular flexibility index (Phi) is 8.46. The van der Waals surface area contributed by atoms with Crippen LogP contribution in [0.3, 0.4) is 0 Å². The number of rotatable bonds is 5. The highest BCUT2D eigenvalue weighted by Gasteiger charge is 2.52. The molecule has 0 N–H and O–H groups in total. The zero-order valence-electron chi connectivity index (χ0n) is 33.0. The number of hydrogen-bond acceptors (Lipinski definition) is 3.